The van der Waals surface area contributed by atoms with Crippen LogP contribution in [0.5, 0.6) is 0 Å². The van der Waals surface area contributed by atoms with Gasteiger partial charge >= 0.3 is 5.97 Å². The van der Waals surface area contributed by atoms with Crippen molar-refractivity contribution in [3.63, 3.8) is 0 Å². The van der Waals surface area contributed by atoms with Crippen molar-refractivity contribution in [2.45, 2.75) is 19.4 Å². The van der Waals surface area contributed by atoms with Crippen molar-refractivity contribution in [3.8, 4) is 0 Å². The lowest BCUT2D eigenvalue weighted by molar-refractivity contribution is -0.141. The van der Waals surface area contributed by atoms with Crippen molar-refractivity contribution in [1.29, 1.82) is 0 Å². The van der Waals surface area contributed by atoms with Gasteiger partial charge in [-0.3, -0.25) is 9.59 Å². The second kappa shape index (κ2) is 8.01. The molecule has 0 aromatic rings. The molecule has 0 aromatic heterocycles. The third-order valence-electron chi connectivity index (χ3n) is 1.96. The molecule has 106 valence electrons. The molecule has 0 bridgehead atoms. The van der Waals surface area contributed by atoms with Crippen molar-refractivity contribution in [2.24, 2.45) is 0 Å². The summed E-state index contributed by atoms with van der Waals surface area (Å²) in [7, 11) is -2.08. The Balaban J connectivity index is 4.00. The first-order chi connectivity index (χ1) is 8.28. The summed E-state index contributed by atoms with van der Waals surface area (Å²) in [6.07, 6.45) is 0.318. The Morgan fingerprint density at radius 1 is 1.39 bits per heavy atom. The minimum absolute atomic E-state index is 0.150. The van der Waals surface area contributed by atoms with E-state index in [2.05, 4.69) is 10.0 Å². The molecule has 0 aromatic carbocycles. The summed E-state index contributed by atoms with van der Waals surface area (Å²) in [6.45, 7) is 1.11. The predicted octanol–water partition coefficient (Wildman–Crippen LogP) is -1.47. The molecule has 0 unspecified atom stereocenters. The molecule has 3 N–H and O–H groups in total. The number of carboxylic acids is 1. The van der Waals surface area contributed by atoms with E-state index in [-0.39, 0.29) is 5.75 Å². The summed E-state index contributed by atoms with van der Waals surface area (Å²) in [6, 6.07) is -1.06. The summed E-state index contributed by atoms with van der Waals surface area (Å²) in [5.74, 6) is -2.03. The maximum atomic E-state index is 11.4. The predicted molar refractivity (Wildman–Crippen MR) is 63.5 cm³/mol. The van der Waals surface area contributed by atoms with Gasteiger partial charge in [0.15, 0.2) is 0 Å². The SMILES string of the molecule is COCCCS(=O)(=O)NCC(=O)N[C@@H](C)C(=O)O. The van der Waals surface area contributed by atoms with Gasteiger partial charge in [0.1, 0.15) is 6.04 Å². The number of nitrogens with one attached hydrogen (secondary N) is 2. The molecule has 0 spiro atoms. The zero-order valence-electron chi connectivity index (χ0n) is 10.3. The van der Waals surface area contributed by atoms with Gasteiger partial charge in [-0.2, -0.15) is 0 Å². The van der Waals surface area contributed by atoms with Crippen LogP contribution in [0, 0.1) is 0 Å². The highest BCUT2D eigenvalue weighted by Gasteiger charge is 2.16. The number of carboxylic acid groups (broad SMARTS) is 1. The van der Waals surface area contributed by atoms with Gasteiger partial charge in [0, 0.05) is 13.7 Å². The lowest BCUT2D eigenvalue weighted by Crippen LogP contribution is -2.44. The lowest BCUT2D eigenvalue weighted by atomic mass is 10.3. The Labute approximate surface area is 106 Å². The number of rotatable bonds is 9. The van der Waals surface area contributed by atoms with Crippen LogP contribution in [0.25, 0.3) is 0 Å². The van der Waals surface area contributed by atoms with E-state index in [1.165, 1.54) is 14.0 Å². The summed E-state index contributed by atoms with van der Waals surface area (Å²) >= 11 is 0. The van der Waals surface area contributed by atoms with E-state index in [1.54, 1.807) is 0 Å². The number of carbonyl (C=O) groups is 2. The van der Waals surface area contributed by atoms with Gasteiger partial charge in [-0.05, 0) is 13.3 Å². The Morgan fingerprint density at radius 3 is 2.50 bits per heavy atom. The van der Waals surface area contributed by atoms with Crippen molar-refractivity contribution >= 4 is 21.9 Å². The zero-order chi connectivity index (χ0) is 14.2. The van der Waals surface area contributed by atoms with E-state index in [1.807, 2.05) is 0 Å². The van der Waals surface area contributed by atoms with E-state index in [4.69, 9.17) is 9.84 Å². The minimum Gasteiger partial charge on any atom is -0.480 e. The second-order valence-corrected chi connectivity index (χ2v) is 5.54. The third-order valence-corrected chi connectivity index (χ3v) is 3.37. The fourth-order valence-corrected chi connectivity index (χ4v) is 1.99. The molecule has 0 aliphatic carbocycles. The van der Waals surface area contributed by atoms with Crippen LogP contribution in [0.4, 0.5) is 0 Å². The van der Waals surface area contributed by atoms with Gasteiger partial charge in [-0.25, -0.2) is 13.1 Å². The molecular formula is C9H18N2O6S. The quantitative estimate of drug-likeness (QED) is 0.444. The van der Waals surface area contributed by atoms with Crippen LogP contribution in [-0.4, -0.2) is 57.5 Å². The largest absolute Gasteiger partial charge is 0.480 e. The summed E-state index contributed by atoms with van der Waals surface area (Å²) in [5, 5.41) is 10.7. The first-order valence-corrected chi connectivity index (χ1v) is 6.92. The summed E-state index contributed by atoms with van der Waals surface area (Å²) < 4.78 is 29.5. The van der Waals surface area contributed by atoms with E-state index >= 15 is 0 Å². The van der Waals surface area contributed by atoms with E-state index < -0.39 is 34.5 Å². The number of amides is 1. The average Bonchev–Trinajstić information content (AvgIpc) is 2.26. The molecule has 1 atom stereocenters. The first-order valence-electron chi connectivity index (χ1n) is 5.27. The van der Waals surface area contributed by atoms with Crippen LogP contribution in [-0.2, 0) is 24.3 Å². The number of hydrogen-bond acceptors (Lipinski definition) is 5. The standard InChI is InChI=1S/C9H18N2O6S/c1-7(9(13)14)11-8(12)6-10-18(15,16)5-3-4-17-2/h7,10H,3-6H2,1-2H3,(H,11,12)(H,13,14)/t7-/m0/s1. The van der Waals surface area contributed by atoms with Crippen LogP contribution in [0.3, 0.4) is 0 Å². The lowest BCUT2D eigenvalue weighted by Gasteiger charge is -2.10. The van der Waals surface area contributed by atoms with Crippen LogP contribution in [0.15, 0.2) is 0 Å². The third kappa shape index (κ3) is 7.98. The fourth-order valence-electron chi connectivity index (χ4n) is 0.995. The fraction of sp³-hybridized carbons (Fsp3) is 0.778. The van der Waals surface area contributed by atoms with Crippen LogP contribution in [0.1, 0.15) is 13.3 Å². The van der Waals surface area contributed by atoms with E-state index in [0.717, 1.165) is 0 Å². The Bertz CT molecular complexity index is 381. The van der Waals surface area contributed by atoms with Gasteiger partial charge in [0.2, 0.25) is 15.9 Å². The normalized spacial score (nSPS) is 13.0. The molecule has 0 aliphatic heterocycles. The number of hydrogen-bond donors (Lipinski definition) is 3. The number of ether oxygens (including phenoxy) is 1. The Morgan fingerprint density at radius 2 is 2.00 bits per heavy atom. The molecule has 18 heavy (non-hydrogen) atoms. The topological polar surface area (TPSA) is 122 Å². The van der Waals surface area contributed by atoms with Crippen molar-refractivity contribution in [1.82, 2.24) is 10.0 Å². The van der Waals surface area contributed by atoms with Gasteiger partial charge < -0.3 is 15.2 Å². The maximum absolute atomic E-state index is 11.4. The molecule has 8 nitrogen and oxygen atoms in total. The molecule has 0 radical (unpaired) electrons. The highest BCUT2D eigenvalue weighted by Crippen LogP contribution is 1.90. The Hall–Kier alpha value is -1.19. The maximum Gasteiger partial charge on any atom is 0.325 e. The first kappa shape index (κ1) is 16.8. The Kier molecular flexibility index (Phi) is 7.48. The molecule has 0 heterocycles. The van der Waals surface area contributed by atoms with Gasteiger partial charge in [0.25, 0.3) is 0 Å². The van der Waals surface area contributed by atoms with Crippen molar-refractivity contribution in [3.05, 3.63) is 0 Å². The zero-order valence-corrected chi connectivity index (χ0v) is 11.1. The smallest absolute Gasteiger partial charge is 0.325 e. The molecule has 0 saturated carbocycles. The molecule has 0 fully saturated rings. The minimum atomic E-state index is -3.54. The van der Waals surface area contributed by atoms with Gasteiger partial charge in [-0.1, -0.05) is 0 Å². The van der Waals surface area contributed by atoms with Gasteiger partial charge in [0.05, 0.1) is 12.3 Å². The van der Waals surface area contributed by atoms with Crippen LogP contribution in [0.2, 0.25) is 0 Å². The summed E-state index contributed by atoms with van der Waals surface area (Å²) in [5.41, 5.74) is 0. The number of sulfonamides is 1. The summed E-state index contributed by atoms with van der Waals surface area (Å²) in [4.78, 5) is 21.7. The number of aliphatic carboxylic acids is 1. The molecule has 9 heteroatoms. The highest BCUT2D eigenvalue weighted by atomic mass is 32.2. The molecule has 0 rings (SSSR count). The van der Waals surface area contributed by atoms with Gasteiger partial charge in [-0.15, -0.1) is 0 Å². The molecular weight excluding hydrogens is 264 g/mol. The van der Waals surface area contributed by atoms with Crippen molar-refractivity contribution < 1.29 is 27.9 Å². The van der Waals surface area contributed by atoms with Crippen LogP contribution >= 0.6 is 0 Å². The molecule has 0 aliphatic rings. The number of carbonyl (C=O) groups excluding carboxylic acids is 1. The van der Waals surface area contributed by atoms with E-state index in [0.29, 0.717) is 13.0 Å². The average molecular weight is 282 g/mol. The van der Waals surface area contributed by atoms with Crippen molar-refractivity contribution in [2.75, 3.05) is 26.0 Å². The highest BCUT2D eigenvalue weighted by molar-refractivity contribution is 7.89. The van der Waals surface area contributed by atoms with E-state index in [9.17, 15) is 18.0 Å². The monoisotopic (exact) mass is 282 g/mol. The molecule has 0 saturated heterocycles. The number of methoxy groups -OCH3 is 1. The molecule has 1 amide bonds. The van der Waals surface area contributed by atoms with Crippen LogP contribution < -0.4 is 10.0 Å². The second-order valence-electron chi connectivity index (χ2n) is 3.61.